The van der Waals surface area contributed by atoms with Crippen LogP contribution in [0, 0.1) is 5.92 Å². The van der Waals surface area contributed by atoms with Crippen molar-refractivity contribution in [3.8, 4) is 0 Å². The van der Waals surface area contributed by atoms with E-state index in [2.05, 4.69) is 10.6 Å². The lowest BCUT2D eigenvalue weighted by Gasteiger charge is -2.23. The number of aliphatic carboxylic acids is 1. The Bertz CT molecular complexity index is 362. The Labute approximate surface area is 124 Å². The molecule has 0 radical (unpaired) electrons. The normalized spacial score (nSPS) is 13.1. The van der Waals surface area contributed by atoms with Crippen molar-refractivity contribution in [2.45, 2.75) is 25.8 Å². The summed E-state index contributed by atoms with van der Waals surface area (Å²) in [6.45, 7) is 2.33. The molecule has 8 nitrogen and oxygen atoms in total. The summed E-state index contributed by atoms with van der Waals surface area (Å²) in [7, 11) is 4.57. The van der Waals surface area contributed by atoms with Crippen LogP contribution in [-0.4, -0.2) is 68.3 Å². The number of rotatable bonds is 9. The van der Waals surface area contributed by atoms with Gasteiger partial charge in [0.2, 0.25) is 5.91 Å². The predicted molar refractivity (Wildman–Crippen MR) is 76.9 cm³/mol. The molecule has 3 N–H and O–H groups in total. The van der Waals surface area contributed by atoms with Crippen molar-refractivity contribution in [1.29, 1.82) is 0 Å². The number of hydrogen-bond donors (Lipinski definition) is 3. The number of carboxylic acids is 1. The fraction of sp³-hybridized carbons (Fsp3) is 0.769. The van der Waals surface area contributed by atoms with Gasteiger partial charge in [-0.2, -0.15) is 0 Å². The topological polar surface area (TPSA) is 108 Å². The largest absolute Gasteiger partial charge is 0.480 e. The summed E-state index contributed by atoms with van der Waals surface area (Å²) < 4.78 is 4.86. The Morgan fingerprint density at radius 2 is 1.95 bits per heavy atom. The molecule has 0 saturated heterocycles. The van der Waals surface area contributed by atoms with Crippen LogP contribution < -0.4 is 10.6 Å². The van der Waals surface area contributed by atoms with E-state index in [4.69, 9.17) is 9.84 Å². The molecule has 0 spiro atoms. The molecule has 3 amide bonds. The van der Waals surface area contributed by atoms with Gasteiger partial charge in [0.1, 0.15) is 6.04 Å². The second kappa shape index (κ2) is 9.98. The number of urea groups is 1. The molecule has 8 heteroatoms. The van der Waals surface area contributed by atoms with Gasteiger partial charge in [-0.05, 0) is 12.8 Å². The van der Waals surface area contributed by atoms with Gasteiger partial charge in [-0.1, -0.05) is 6.92 Å². The van der Waals surface area contributed by atoms with Crippen LogP contribution in [0.1, 0.15) is 19.8 Å². The zero-order valence-electron chi connectivity index (χ0n) is 13.0. The Morgan fingerprint density at radius 1 is 1.33 bits per heavy atom. The first kappa shape index (κ1) is 19.2. The molecule has 0 aromatic rings. The van der Waals surface area contributed by atoms with Gasteiger partial charge in [0.05, 0.1) is 5.92 Å². The van der Waals surface area contributed by atoms with E-state index < -0.39 is 18.0 Å². The number of nitrogens with zero attached hydrogens (tertiary/aromatic N) is 1. The van der Waals surface area contributed by atoms with Gasteiger partial charge in [-0.15, -0.1) is 0 Å². The molecular formula is C13H25N3O5. The first-order valence-corrected chi connectivity index (χ1v) is 6.78. The van der Waals surface area contributed by atoms with Crippen molar-refractivity contribution >= 4 is 17.9 Å². The third-order valence-corrected chi connectivity index (χ3v) is 3.03. The molecule has 0 rings (SSSR count). The molecule has 21 heavy (non-hydrogen) atoms. The first-order chi connectivity index (χ1) is 9.83. The third kappa shape index (κ3) is 7.50. The summed E-state index contributed by atoms with van der Waals surface area (Å²) in [4.78, 5) is 35.7. The van der Waals surface area contributed by atoms with Crippen LogP contribution in [0.2, 0.25) is 0 Å². The SMILES string of the molecule is CNC(=O)C(C)CN(C)C(=O)NC(CCCOC)C(=O)O. The van der Waals surface area contributed by atoms with E-state index in [1.165, 1.54) is 26.1 Å². The number of carbonyl (C=O) groups is 3. The second-order valence-corrected chi connectivity index (χ2v) is 4.87. The summed E-state index contributed by atoms with van der Waals surface area (Å²) in [5.74, 6) is -1.64. The van der Waals surface area contributed by atoms with Gasteiger partial charge >= 0.3 is 12.0 Å². The van der Waals surface area contributed by atoms with Gasteiger partial charge in [-0.3, -0.25) is 4.79 Å². The highest BCUT2D eigenvalue weighted by Crippen LogP contribution is 2.02. The Balaban J connectivity index is 4.40. The zero-order valence-corrected chi connectivity index (χ0v) is 13.0. The maximum absolute atomic E-state index is 11.9. The number of hydrogen-bond acceptors (Lipinski definition) is 4. The van der Waals surface area contributed by atoms with Crippen LogP contribution in [0.4, 0.5) is 4.79 Å². The molecule has 0 aromatic carbocycles. The third-order valence-electron chi connectivity index (χ3n) is 3.03. The van der Waals surface area contributed by atoms with Crippen LogP contribution in [0.3, 0.4) is 0 Å². The van der Waals surface area contributed by atoms with Crippen molar-refractivity contribution in [2.75, 3.05) is 34.4 Å². The highest BCUT2D eigenvalue weighted by molar-refractivity contribution is 5.83. The van der Waals surface area contributed by atoms with Crippen LogP contribution in [0.25, 0.3) is 0 Å². The molecule has 0 heterocycles. The Morgan fingerprint density at radius 3 is 2.43 bits per heavy atom. The average Bonchev–Trinajstić information content (AvgIpc) is 2.44. The molecule has 2 unspecified atom stereocenters. The smallest absolute Gasteiger partial charge is 0.326 e. The van der Waals surface area contributed by atoms with Gasteiger partial charge in [0.25, 0.3) is 0 Å². The number of ether oxygens (including phenoxy) is 1. The van der Waals surface area contributed by atoms with E-state index in [1.807, 2.05) is 0 Å². The van der Waals surface area contributed by atoms with Crippen molar-refractivity contribution in [2.24, 2.45) is 5.92 Å². The lowest BCUT2D eigenvalue weighted by Crippen LogP contribution is -2.48. The van der Waals surface area contributed by atoms with Crippen molar-refractivity contribution in [3.05, 3.63) is 0 Å². The van der Waals surface area contributed by atoms with E-state index in [9.17, 15) is 14.4 Å². The van der Waals surface area contributed by atoms with Gasteiger partial charge in [0, 0.05) is 34.4 Å². The number of carbonyl (C=O) groups excluding carboxylic acids is 2. The van der Waals surface area contributed by atoms with Crippen LogP contribution in [-0.2, 0) is 14.3 Å². The lowest BCUT2D eigenvalue weighted by atomic mass is 10.1. The fourth-order valence-electron chi connectivity index (χ4n) is 1.77. The lowest BCUT2D eigenvalue weighted by molar-refractivity contribution is -0.139. The molecule has 2 atom stereocenters. The predicted octanol–water partition coefficient (Wildman–Crippen LogP) is -0.110. The summed E-state index contributed by atoms with van der Waals surface area (Å²) in [5, 5.41) is 14.0. The van der Waals surface area contributed by atoms with E-state index >= 15 is 0 Å². The minimum atomic E-state index is -1.09. The number of methoxy groups -OCH3 is 1. The van der Waals surface area contributed by atoms with E-state index in [0.29, 0.717) is 13.0 Å². The monoisotopic (exact) mass is 303 g/mol. The van der Waals surface area contributed by atoms with Gasteiger partial charge in [0.15, 0.2) is 0 Å². The molecular weight excluding hydrogens is 278 g/mol. The molecule has 0 fully saturated rings. The van der Waals surface area contributed by atoms with Crippen LogP contribution >= 0.6 is 0 Å². The quantitative estimate of drug-likeness (QED) is 0.515. The minimum Gasteiger partial charge on any atom is -0.480 e. The average molecular weight is 303 g/mol. The first-order valence-electron chi connectivity index (χ1n) is 6.78. The molecule has 0 saturated carbocycles. The Kier molecular flexibility index (Phi) is 9.11. The van der Waals surface area contributed by atoms with Crippen LogP contribution in [0.5, 0.6) is 0 Å². The molecule has 0 aliphatic rings. The zero-order chi connectivity index (χ0) is 16.4. The Hall–Kier alpha value is -1.83. The van der Waals surface area contributed by atoms with Gasteiger partial charge < -0.3 is 25.4 Å². The van der Waals surface area contributed by atoms with E-state index in [1.54, 1.807) is 6.92 Å². The number of nitrogens with one attached hydrogen (secondary N) is 2. The van der Waals surface area contributed by atoms with E-state index in [0.717, 1.165) is 0 Å². The summed E-state index contributed by atoms with van der Waals surface area (Å²) in [6.07, 6.45) is 0.819. The van der Waals surface area contributed by atoms with Gasteiger partial charge in [-0.25, -0.2) is 9.59 Å². The van der Waals surface area contributed by atoms with Crippen molar-refractivity contribution in [3.63, 3.8) is 0 Å². The molecule has 0 bridgehead atoms. The molecule has 0 aliphatic heterocycles. The maximum atomic E-state index is 11.9. The summed E-state index contributed by atoms with van der Waals surface area (Å²) in [6, 6.07) is -1.49. The second-order valence-electron chi connectivity index (χ2n) is 4.87. The number of carboxylic acid groups (broad SMARTS) is 1. The number of amides is 3. The standard InChI is InChI=1S/C13H25N3O5/c1-9(11(17)14-2)8-16(3)13(20)15-10(12(18)19)6-5-7-21-4/h9-10H,5-8H2,1-4H3,(H,14,17)(H,15,20)(H,18,19). The maximum Gasteiger partial charge on any atom is 0.326 e. The summed E-state index contributed by atoms with van der Waals surface area (Å²) in [5.41, 5.74) is 0. The molecule has 0 aliphatic carbocycles. The van der Waals surface area contributed by atoms with Crippen LogP contribution in [0.15, 0.2) is 0 Å². The van der Waals surface area contributed by atoms with Crippen molar-refractivity contribution in [1.82, 2.24) is 15.5 Å². The molecule has 0 aromatic heterocycles. The minimum absolute atomic E-state index is 0.176. The highest BCUT2D eigenvalue weighted by atomic mass is 16.5. The highest BCUT2D eigenvalue weighted by Gasteiger charge is 2.23. The van der Waals surface area contributed by atoms with E-state index in [-0.39, 0.29) is 24.8 Å². The fourth-order valence-corrected chi connectivity index (χ4v) is 1.77. The molecule has 122 valence electrons. The van der Waals surface area contributed by atoms with Crippen molar-refractivity contribution < 1.29 is 24.2 Å². The summed E-state index contributed by atoms with van der Waals surface area (Å²) >= 11 is 0.